The van der Waals surface area contributed by atoms with Gasteiger partial charge in [-0.05, 0) is 85.0 Å². The molecule has 1 atom stereocenters. The van der Waals surface area contributed by atoms with E-state index < -0.39 is 0 Å². The largest absolute Gasteiger partial charge is 0.344 e. The van der Waals surface area contributed by atoms with Crippen molar-refractivity contribution in [2.24, 2.45) is 0 Å². The van der Waals surface area contributed by atoms with Crippen molar-refractivity contribution < 1.29 is 4.58 Å². The zero-order valence-electron chi connectivity index (χ0n) is 21.9. The van der Waals surface area contributed by atoms with E-state index in [2.05, 4.69) is 129 Å². The SMILES string of the molecule is CCN1C(=CC=CC2=[N+](C)c3ccc4ccccc4c3C2(C)C)C2(C)Cc3cccc4ccc1c2c34. The van der Waals surface area contributed by atoms with Crippen LogP contribution in [0.25, 0.3) is 21.5 Å². The number of hydrogen-bond acceptors (Lipinski definition) is 1. The number of nitrogens with zero attached hydrogens (tertiary/aromatic N) is 2. The van der Waals surface area contributed by atoms with Crippen LogP contribution in [0.3, 0.4) is 0 Å². The van der Waals surface area contributed by atoms with Gasteiger partial charge in [0.25, 0.3) is 0 Å². The van der Waals surface area contributed by atoms with Crippen LogP contribution in [-0.2, 0) is 17.3 Å². The van der Waals surface area contributed by atoms with Gasteiger partial charge in [-0.3, -0.25) is 0 Å². The third-order valence-corrected chi connectivity index (χ3v) is 9.07. The Morgan fingerprint density at radius 3 is 2.50 bits per heavy atom. The molecule has 0 aromatic heterocycles. The molecule has 2 heterocycles. The normalized spacial score (nSPS) is 22.7. The molecule has 0 radical (unpaired) electrons. The van der Waals surface area contributed by atoms with Crippen molar-refractivity contribution in [2.75, 3.05) is 18.5 Å². The van der Waals surface area contributed by atoms with Crippen molar-refractivity contribution in [1.82, 2.24) is 0 Å². The summed E-state index contributed by atoms with van der Waals surface area (Å²) in [5, 5.41) is 5.53. The average Bonchev–Trinajstić information content (AvgIpc) is 3.39. The first kappa shape index (κ1) is 21.6. The molecule has 0 saturated carbocycles. The standard InChI is InChI=1S/C34H33N2/c1-6-36-27-20-18-23-12-9-13-24-21-34(4,32(27)30(23)24)29(36)16-10-15-28-33(2,3)31-25-14-8-7-11-22(25)17-19-26(31)35(28)5/h7-20H,6,21H2,1-5H3/q+1. The molecule has 36 heavy (non-hydrogen) atoms. The van der Waals surface area contributed by atoms with E-state index in [0.29, 0.717) is 0 Å². The minimum Gasteiger partial charge on any atom is -0.344 e. The minimum absolute atomic E-state index is 0.0276. The predicted octanol–water partition coefficient (Wildman–Crippen LogP) is 7.79. The Morgan fingerprint density at radius 1 is 0.889 bits per heavy atom. The molecule has 4 aromatic carbocycles. The Kier molecular flexibility index (Phi) is 4.32. The van der Waals surface area contributed by atoms with E-state index in [-0.39, 0.29) is 10.8 Å². The molecule has 0 saturated heterocycles. The highest BCUT2D eigenvalue weighted by molar-refractivity contribution is 6.07. The van der Waals surface area contributed by atoms with E-state index >= 15 is 0 Å². The van der Waals surface area contributed by atoms with Crippen molar-refractivity contribution >= 4 is 38.6 Å². The van der Waals surface area contributed by atoms with Gasteiger partial charge in [-0.2, -0.15) is 4.58 Å². The highest BCUT2D eigenvalue weighted by Crippen LogP contribution is 2.57. The second-order valence-corrected chi connectivity index (χ2v) is 11.4. The van der Waals surface area contributed by atoms with Gasteiger partial charge in [-0.15, -0.1) is 0 Å². The van der Waals surface area contributed by atoms with E-state index in [1.807, 2.05) is 0 Å². The van der Waals surface area contributed by atoms with Gasteiger partial charge in [-0.25, -0.2) is 0 Å². The predicted molar refractivity (Wildman–Crippen MR) is 153 cm³/mol. The third kappa shape index (κ3) is 2.60. The van der Waals surface area contributed by atoms with Crippen molar-refractivity contribution in [3.05, 3.63) is 107 Å². The number of hydrogen-bond donors (Lipinski definition) is 0. The van der Waals surface area contributed by atoms with Gasteiger partial charge < -0.3 is 4.90 Å². The molecule has 7 rings (SSSR count). The summed E-state index contributed by atoms with van der Waals surface area (Å²) in [7, 11) is 2.21. The number of allylic oxidation sites excluding steroid dienone is 4. The molecular weight excluding hydrogens is 436 g/mol. The second kappa shape index (κ2) is 7.20. The molecule has 4 aromatic rings. The summed E-state index contributed by atoms with van der Waals surface area (Å²) in [6.45, 7) is 10.4. The Morgan fingerprint density at radius 2 is 1.67 bits per heavy atom. The van der Waals surface area contributed by atoms with Gasteiger partial charge in [0, 0.05) is 41.1 Å². The third-order valence-electron chi connectivity index (χ3n) is 9.07. The minimum atomic E-state index is -0.0668. The molecule has 2 aliphatic heterocycles. The second-order valence-electron chi connectivity index (χ2n) is 11.4. The van der Waals surface area contributed by atoms with Crippen LogP contribution in [0, 0.1) is 0 Å². The average molecular weight is 470 g/mol. The molecule has 2 nitrogen and oxygen atoms in total. The first-order chi connectivity index (χ1) is 17.4. The number of benzene rings is 4. The highest BCUT2D eigenvalue weighted by Gasteiger charge is 2.48. The van der Waals surface area contributed by atoms with Crippen LogP contribution in [0.4, 0.5) is 11.4 Å². The fraction of sp³-hybridized carbons (Fsp3) is 0.265. The molecule has 3 aliphatic rings. The Balaban J connectivity index is 1.32. The zero-order chi connectivity index (χ0) is 24.8. The first-order valence-electron chi connectivity index (χ1n) is 13.2. The summed E-state index contributed by atoms with van der Waals surface area (Å²) >= 11 is 0. The molecular formula is C34H33N2+. The van der Waals surface area contributed by atoms with Crippen LogP contribution in [0.15, 0.2) is 90.7 Å². The van der Waals surface area contributed by atoms with Gasteiger partial charge in [-0.1, -0.05) is 54.6 Å². The number of likely N-dealkylation sites (N-methyl/N-ethyl adjacent to an activating group) is 1. The molecule has 1 aliphatic carbocycles. The molecule has 0 spiro atoms. The van der Waals surface area contributed by atoms with Gasteiger partial charge in [0.2, 0.25) is 5.69 Å². The van der Waals surface area contributed by atoms with Gasteiger partial charge >= 0.3 is 0 Å². The Bertz CT molecular complexity index is 1700. The number of fused-ring (bicyclic) bond motifs is 3. The smallest absolute Gasteiger partial charge is 0.210 e. The summed E-state index contributed by atoms with van der Waals surface area (Å²) < 4.78 is 2.38. The molecule has 178 valence electrons. The van der Waals surface area contributed by atoms with E-state index in [1.165, 1.54) is 61.0 Å². The van der Waals surface area contributed by atoms with Gasteiger partial charge in [0.05, 0.1) is 5.41 Å². The van der Waals surface area contributed by atoms with Crippen LogP contribution < -0.4 is 4.90 Å². The lowest BCUT2D eigenvalue weighted by Gasteiger charge is -2.27. The number of rotatable bonds is 3. The maximum absolute atomic E-state index is 2.53. The highest BCUT2D eigenvalue weighted by atomic mass is 15.2. The lowest BCUT2D eigenvalue weighted by Crippen LogP contribution is -2.29. The first-order valence-corrected chi connectivity index (χ1v) is 13.2. The van der Waals surface area contributed by atoms with Crippen LogP contribution >= 0.6 is 0 Å². The summed E-state index contributed by atoms with van der Waals surface area (Å²) in [6.07, 6.45) is 8.11. The van der Waals surface area contributed by atoms with E-state index in [4.69, 9.17) is 0 Å². The lowest BCUT2D eigenvalue weighted by molar-refractivity contribution is -0.401. The topological polar surface area (TPSA) is 6.25 Å². The molecule has 2 heteroatoms. The molecule has 1 unspecified atom stereocenters. The summed E-state index contributed by atoms with van der Waals surface area (Å²) in [5.41, 5.74) is 9.88. The maximum atomic E-state index is 2.53. The van der Waals surface area contributed by atoms with E-state index in [9.17, 15) is 0 Å². The van der Waals surface area contributed by atoms with Crippen LogP contribution in [0.5, 0.6) is 0 Å². The fourth-order valence-corrected chi connectivity index (χ4v) is 7.53. The summed E-state index contributed by atoms with van der Waals surface area (Å²) in [6, 6.07) is 24.8. The van der Waals surface area contributed by atoms with Crippen molar-refractivity contribution in [2.45, 2.75) is 44.9 Å². The molecule has 0 fully saturated rings. The fourth-order valence-electron chi connectivity index (χ4n) is 7.53. The van der Waals surface area contributed by atoms with E-state index in [0.717, 1.165) is 13.0 Å². The van der Waals surface area contributed by atoms with E-state index in [1.54, 1.807) is 0 Å². The monoisotopic (exact) mass is 469 g/mol. The number of anilines is 1. The van der Waals surface area contributed by atoms with Crippen molar-refractivity contribution in [1.29, 1.82) is 0 Å². The van der Waals surface area contributed by atoms with Crippen LogP contribution in [0.2, 0.25) is 0 Å². The summed E-state index contributed by atoms with van der Waals surface area (Å²) in [4.78, 5) is 2.53. The zero-order valence-corrected chi connectivity index (χ0v) is 21.9. The lowest BCUT2D eigenvalue weighted by atomic mass is 9.79. The summed E-state index contributed by atoms with van der Waals surface area (Å²) in [5.74, 6) is 0. The van der Waals surface area contributed by atoms with Crippen LogP contribution in [-0.4, -0.2) is 23.9 Å². The van der Waals surface area contributed by atoms with Gasteiger partial charge in [0.1, 0.15) is 7.05 Å². The Hall–Kier alpha value is -3.65. The van der Waals surface area contributed by atoms with Gasteiger partial charge in [0.15, 0.2) is 5.71 Å². The maximum Gasteiger partial charge on any atom is 0.210 e. The molecule has 0 amide bonds. The Labute approximate surface area is 213 Å². The molecule has 0 bridgehead atoms. The molecule has 0 N–H and O–H groups in total. The van der Waals surface area contributed by atoms with Crippen molar-refractivity contribution in [3.8, 4) is 0 Å². The van der Waals surface area contributed by atoms with Crippen molar-refractivity contribution in [3.63, 3.8) is 0 Å². The van der Waals surface area contributed by atoms with Crippen LogP contribution in [0.1, 0.15) is 44.4 Å². The quantitative estimate of drug-likeness (QED) is 0.278.